The molecule has 90 valence electrons. The zero-order chi connectivity index (χ0) is 12.3. The van der Waals surface area contributed by atoms with Crippen LogP contribution in [0, 0.1) is 0 Å². The number of ether oxygens (including phenoxy) is 1. The van der Waals surface area contributed by atoms with Crippen molar-refractivity contribution in [1.29, 1.82) is 0 Å². The number of aromatic nitrogens is 1. The molecule has 2 rings (SSSR count). The van der Waals surface area contributed by atoms with Crippen LogP contribution in [0.3, 0.4) is 0 Å². The number of H-pyrrole nitrogens is 1. The normalized spacial score (nSPS) is 10.7. The fourth-order valence-electron chi connectivity index (χ4n) is 1.83. The second kappa shape index (κ2) is 5.23. The van der Waals surface area contributed by atoms with Gasteiger partial charge in [0.25, 0.3) is 0 Å². The quantitative estimate of drug-likeness (QED) is 0.670. The first-order valence-corrected chi connectivity index (χ1v) is 6.12. The fourth-order valence-corrected chi connectivity index (χ4v) is 2.03. The topological polar surface area (TPSA) is 42.1 Å². The maximum atomic E-state index is 11.6. The van der Waals surface area contributed by atoms with Gasteiger partial charge >= 0.3 is 5.97 Å². The Kier molecular flexibility index (Phi) is 3.69. The van der Waals surface area contributed by atoms with Crippen LogP contribution in [-0.4, -0.2) is 23.4 Å². The highest BCUT2D eigenvalue weighted by atomic mass is 35.5. The Morgan fingerprint density at radius 1 is 1.47 bits per heavy atom. The SMILES string of the molecule is CCOC(=O)c1ccc2[nH]cc(CCCl)c2c1. The third-order valence-corrected chi connectivity index (χ3v) is 2.83. The van der Waals surface area contributed by atoms with Crippen LogP contribution in [0.4, 0.5) is 0 Å². The smallest absolute Gasteiger partial charge is 0.338 e. The Hall–Kier alpha value is -1.48. The molecule has 0 radical (unpaired) electrons. The summed E-state index contributed by atoms with van der Waals surface area (Å²) in [6, 6.07) is 5.51. The summed E-state index contributed by atoms with van der Waals surface area (Å²) in [4.78, 5) is 14.8. The van der Waals surface area contributed by atoms with Gasteiger partial charge in [0.05, 0.1) is 12.2 Å². The van der Waals surface area contributed by atoms with E-state index in [2.05, 4.69) is 4.98 Å². The molecule has 0 atom stereocenters. The largest absolute Gasteiger partial charge is 0.462 e. The van der Waals surface area contributed by atoms with Crippen molar-refractivity contribution in [3.63, 3.8) is 0 Å². The molecule has 0 aliphatic carbocycles. The molecule has 0 aliphatic rings. The first-order valence-electron chi connectivity index (χ1n) is 5.59. The van der Waals surface area contributed by atoms with Gasteiger partial charge in [0.1, 0.15) is 0 Å². The minimum Gasteiger partial charge on any atom is -0.462 e. The van der Waals surface area contributed by atoms with Gasteiger partial charge in [-0.05, 0) is 37.1 Å². The van der Waals surface area contributed by atoms with Gasteiger partial charge in [-0.15, -0.1) is 11.6 Å². The summed E-state index contributed by atoms with van der Waals surface area (Å²) >= 11 is 5.74. The molecule has 3 nitrogen and oxygen atoms in total. The van der Waals surface area contributed by atoms with E-state index < -0.39 is 0 Å². The van der Waals surface area contributed by atoms with Gasteiger partial charge in [-0.25, -0.2) is 4.79 Å². The van der Waals surface area contributed by atoms with E-state index in [9.17, 15) is 4.79 Å². The van der Waals surface area contributed by atoms with Gasteiger partial charge in [-0.1, -0.05) is 0 Å². The van der Waals surface area contributed by atoms with E-state index in [1.807, 2.05) is 18.3 Å². The molecule has 2 aromatic rings. The van der Waals surface area contributed by atoms with Crippen molar-refractivity contribution in [1.82, 2.24) is 4.98 Å². The summed E-state index contributed by atoms with van der Waals surface area (Å²) in [7, 11) is 0. The number of hydrogen-bond acceptors (Lipinski definition) is 2. The summed E-state index contributed by atoms with van der Waals surface area (Å²) in [5.74, 6) is 0.281. The van der Waals surface area contributed by atoms with Crippen molar-refractivity contribution in [2.75, 3.05) is 12.5 Å². The molecule has 4 heteroatoms. The maximum absolute atomic E-state index is 11.6. The molecule has 0 saturated carbocycles. The highest BCUT2D eigenvalue weighted by Gasteiger charge is 2.09. The molecule has 0 aliphatic heterocycles. The number of halogens is 1. The standard InChI is InChI=1S/C13H14ClNO2/c1-2-17-13(16)9-3-4-12-11(7-9)10(5-6-14)8-15-12/h3-4,7-8,15H,2,5-6H2,1H3. The van der Waals surface area contributed by atoms with Crippen molar-refractivity contribution in [3.8, 4) is 0 Å². The molecule has 1 heterocycles. The van der Waals surface area contributed by atoms with Crippen LogP contribution >= 0.6 is 11.6 Å². The predicted molar refractivity (Wildman–Crippen MR) is 68.7 cm³/mol. The summed E-state index contributed by atoms with van der Waals surface area (Å²) in [5, 5.41) is 1.04. The van der Waals surface area contributed by atoms with E-state index in [-0.39, 0.29) is 5.97 Å². The maximum Gasteiger partial charge on any atom is 0.338 e. The Morgan fingerprint density at radius 2 is 2.29 bits per heavy atom. The average Bonchev–Trinajstić information content (AvgIpc) is 2.73. The Balaban J connectivity index is 2.40. The van der Waals surface area contributed by atoms with Crippen molar-refractivity contribution < 1.29 is 9.53 Å². The third kappa shape index (κ3) is 2.44. The molecular formula is C13H14ClNO2. The second-order valence-corrected chi connectivity index (χ2v) is 4.11. The van der Waals surface area contributed by atoms with E-state index in [0.717, 1.165) is 22.9 Å². The molecule has 0 saturated heterocycles. The molecule has 0 unspecified atom stereocenters. The third-order valence-electron chi connectivity index (χ3n) is 2.64. The molecule has 0 spiro atoms. The van der Waals surface area contributed by atoms with Crippen LogP contribution in [0.25, 0.3) is 10.9 Å². The fraction of sp³-hybridized carbons (Fsp3) is 0.308. The van der Waals surface area contributed by atoms with Gasteiger partial charge in [0.2, 0.25) is 0 Å². The molecule has 1 aromatic heterocycles. The van der Waals surface area contributed by atoms with Gasteiger partial charge in [-0.2, -0.15) is 0 Å². The van der Waals surface area contributed by atoms with Crippen LogP contribution < -0.4 is 0 Å². The first kappa shape index (κ1) is 12.0. The lowest BCUT2D eigenvalue weighted by molar-refractivity contribution is 0.0526. The van der Waals surface area contributed by atoms with E-state index in [1.54, 1.807) is 13.0 Å². The average molecular weight is 252 g/mol. The van der Waals surface area contributed by atoms with E-state index in [0.29, 0.717) is 18.1 Å². The van der Waals surface area contributed by atoms with E-state index in [4.69, 9.17) is 16.3 Å². The highest BCUT2D eigenvalue weighted by molar-refractivity contribution is 6.18. The predicted octanol–water partition coefficient (Wildman–Crippen LogP) is 3.13. The number of carbonyl (C=O) groups is 1. The molecule has 1 N–H and O–H groups in total. The lowest BCUT2D eigenvalue weighted by Crippen LogP contribution is -2.04. The number of nitrogens with one attached hydrogen (secondary N) is 1. The van der Waals surface area contributed by atoms with Crippen LogP contribution in [0.15, 0.2) is 24.4 Å². The molecule has 0 fully saturated rings. The minimum absolute atomic E-state index is 0.285. The Morgan fingerprint density at radius 3 is 3.00 bits per heavy atom. The number of hydrogen-bond donors (Lipinski definition) is 1. The Bertz CT molecular complexity index is 533. The molecule has 17 heavy (non-hydrogen) atoms. The molecule has 0 bridgehead atoms. The molecule has 0 amide bonds. The van der Waals surface area contributed by atoms with Crippen molar-refractivity contribution in [3.05, 3.63) is 35.5 Å². The summed E-state index contributed by atoms with van der Waals surface area (Å²) in [6.07, 6.45) is 2.72. The second-order valence-electron chi connectivity index (χ2n) is 3.73. The highest BCUT2D eigenvalue weighted by Crippen LogP contribution is 2.21. The first-order chi connectivity index (χ1) is 8.26. The van der Waals surface area contributed by atoms with E-state index >= 15 is 0 Å². The zero-order valence-electron chi connectivity index (χ0n) is 9.63. The van der Waals surface area contributed by atoms with Crippen molar-refractivity contribution in [2.24, 2.45) is 0 Å². The van der Waals surface area contributed by atoms with Crippen LogP contribution in [-0.2, 0) is 11.2 Å². The summed E-state index contributed by atoms with van der Waals surface area (Å²) in [5.41, 5.74) is 2.72. The number of aromatic amines is 1. The molecule has 1 aromatic carbocycles. The van der Waals surface area contributed by atoms with Crippen molar-refractivity contribution in [2.45, 2.75) is 13.3 Å². The van der Waals surface area contributed by atoms with Crippen LogP contribution in [0.5, 0.6) is 0 Å². The van der Waals surface area contributed by atoms with Gasteiger partial charge in [0.15, 0.2) is 0 Å². The van der Waals surface area contributed by atoms with Gasteiger partial charge in [-0.3, -0.25) is 0 Å². The van der Waals surface area contributed by atoms with Crippen LogP contribution in [0.2, 0.25) is 0 Å². The number of fused-ring (bicyclic) bond motifs is 1. The van der Waals surface area contributed by atoms with Crippen LogP contribution in [0.1, 0.15) is 22.8 Å². The number of esters is 1. The van der Waals surface area contributed by atoms with Gasteiger partial charge < -0.3 is 9.72 Å². The number of rotatable bonds is 4. The number of benzene rings is 1. The monoisotopic (exact) mass is 251 g/mol. The number of alkyl halides is 1. The number of aryl methyl sites for hydroxylation is 1. The lowest BCUT2D eigenvalue weighted by atomic mass is 10.1. The Labute approximate surface area is 105 Å². The minimum atomic E-state index is -0.285. The summed E-state index contributed by atoms with van der Waals surface area (Å²) < 4.78 is 4.98. The summed E-state index contributed by atoms with van der Waals surface area (Å²) in [6.45, 7) is 2.18. The van der Waals surface area contributed by atoms with Gasteiger partial charge in [0, 0.05) is 23.0 Å². The molecular weight excluding hydrogens is 238 g/mol. The van der Waals surface area contributed by atoms with Crippen molar-refractivity contribution >= 4 is 28.5 Å². The number of carbonyl (C=O) groups excluding carboxylic acids is 1. The zero-order valence-corrected chi connectivity index (χ0v) is 10.4. The lowest BCUT2D eigenvalue weighted by Gasteiger charge is -2.02. The van der Waals surface area contributed by atoms with E-state index in [1.165, 1.54) is 0 Å².